The summed E-state index contributed by atoms with van der Waals surface area (Å²) in [5.41, 5.74) is 0.752. The van der Waals surface area contributed by atoms with Gasteiger partial charge < -0.3 is 14.7 Å². The van der Waals surface area contributed by atoms with Crippen LogP contribution < -0.4 is 4.74 Å². The van der Waals surface area contributed by atoms with Crippen molar-refractivity contribution in [3.8, 4) is 17.6 Å². The minimum atomic E-state index is -0.694. The summed E-state index contributed by atoms with van der Waals surface area (Å²) in [6.07, 6.45) is 2.32. The van der Waals surface area contributed by atoms with Gasteiger partial charge in [0.25, 0.3) is 0 Å². The van der Waals surface area contributed by atoms with Crippen LogP contribution in [-0.4, -0.2) is 36.1 Å². The number of nitriles is 1. The van der Waals surface area contributed by atoms with E-state index in [1.54, 1.807) is 23.1 Å². The third-order valence-corrected chi connectivity index (χ3v) is 3.55. The minimum absolute atomic E-state index is 0.0234. The van der Waals surface area contributed by atoms with Crippen LogP contribution in [-0.2, 0) is 11.2 Å². The molecule has 0 aliphatic carbocycles. The fourth-order valence-electron chi connectivity index (χ4n) is 2.44. The summed E-state index contributed by atoms with van der Waals surface area (Å²) in [6.45, 7) is 1.48. The highest BCUT2D eigenvalue weighted by Crippen LogP contribution is 2.27. The van der Waals surface area contributed by atoms with E-state index < -0.39 is 5.92 Å². The van der Waals surface area contributed by atoms with Crippen LogP contribution in [0.5, 0.6) is 11.5 Å². The van der Waals surface area contributed by atoms with Gasteiger partial charge >= 0.3 is 0 Å². The van der Waals surface area contributed by atoms with Gasteiger partial charge in [0.15, 0.2) is 11.5 Å². The maximum atomic E-state index is 12.2. The monoisotopic (exact) mass is 274 g/mol. The van der Waals surface area contributed by atoms with E-state index in [0.717, 1.165) is 31.5 Å². The molecule has 0 saturated carbocycles. The summed E-state index contributed by atoms with van der Waals surface area (Å²) in [5.74, 6) is -0.398. The van der Waals surface area contributed by atoms with E-state index in [9.17, 15) is 15.2 Å². The number of benzene rings is 1. The van der Waals surface area contributed by atoms with Crippen molar-refractivity contribution in [2.45, 2.75) is 19.3 Å². The normalized spacial score (nSPS) is 15.7. The summed E-state index contributed by atoms with van der Waals surface area (Å²) in [5, 5.41) is 18.9. The lowest BCUT2D eigenvalue weighted by molar-refractivity contribution is -0.132. The molecule has 1 N–H and O–H groups in total. The first kappa shape index (κ1) is 14.2. The van der Waals surface area contributed by atoms with Gasteiger partial charge in [0.05, 0.1) is 13.2 Å². The summed E-state index contributed by atoms with van der Waals surface area (Å²) < 4.78 is 4.97. The average molecular weight is 274 g/mol. The molecular formula is C15H18N2O3. The Morgan fingerprint density at radius 1 is 1.50 bits per heavy atom. The number of likely N-dealkylation sites (tertiary alicyclic amines) is 1. The van der Waals surface area contributed by atoms with Gasteiger partial charge in [0.2, 0.25) is 5.91 Å². The topological polar surface area (TPSA) is 73.6 Å². The number of amides is 1. The zero-order valence-corrected chi connectivity index (χ0v) is 11.5. The van der Waals surface area contributed by atoms with Crippen molar-refractivity contribution in [2.75, 3.05) is 20.2 Å². The predicted molar refractivity (Wildman–Crippen MR) is 73.3 cm³/mol. The molecule has 1 unspecified atom stereocenters. The van der Waals surface area contributed by atoms with Crippen LogP contribution >= 0.6 is 0 Å². The Bertz CT molecular complexity index is 530. The molecule has 0 bridgehead atoms. The quantitative estimate of drug-likeness (QED) is 0.907. The number of rotatable bonds is 4. The number of carbonyl (C=O) groups is 1. The molecule has 2 rings (SSSR count). The van der Waals surface area contributed by atoms with E-state index in [4.69, 9.17) is 4.74 Å². The highest BCUT2D eigenvalue weighted by Gasteiger charge is 2.26. The number of aromatic hydroxyl groups is 1. The van der Waals surface area contributed by atoms with Crippen molar-refractivity contribution in [1.82, 2.24) is 4.90 Å². The Morgan fingerprint density at radius 3 is 2.75 bits per heavy atom. The molecule has 1 fully saturated rings. The second-order valence-corrected chi connectivity index (χ2v) is 4.92. The van der Waals surface area contributed by atoms with Gasteiger partial charge in [-0.05, 0) is 37.0 Å². The predicted octanol–water partition coefficient (Wildman–Crippen LogP) is 1.71. The van der Waals surface area contributed by atoms with Gasteiger partial charge in [-0.15, -0.1) is 0 Å². The molecule has 1 amide bonds. The van der Waals surface area contributed by atoms with E-state index in [1.165, 1.54) is 7.11 Å². The lowest BCUT2D eigenvalue weighted by atomic mass is 9.99. The zero-order chi connectivity index (χ0) is 14.5. The average Bonchev–Trinajstić information content (AvgIpc) is 2.98. The van der Waals surface area contributed by atoms with Crippen LogP contribution in [0, 0.1) is 17.2 Å². The van der Waals surface area contributed by atoms with Gasteiger partial charge in [-0.25, -0.2) is 0 Å². The Hall–Kier alpha value is -2.22. The van der Waals surface area contributed by atoms with Crippen LogP contribution in [0.15, 0.2) is 18.2 Å². The largest absolute Gasteiger partial charge is 0.504 e. The minimum Gasteiger partial charge on any atom is -0.504 e. The number of phenolic OH excluding ortho intramolecular Hbond substituents is 1. The first-order valence-electron chi connectivity index (χ1n) is 6.70. The molecule has 0 spiro atoms. The molecule has 5 heteroatoms. The van der Waals surface area contributed by atoms with E-state index in [-0.39, 0.29) is 11.7 Å². The smallest absolute Gasteiger partial charge is 0.240 e. The number of phenols is 1. The van der Waals surface area contributed by atoms with E-state index in [2.05, 4.69) is 6.07 Å². The van der Waals surface area contributed by atoms with Gasteiger partial charge in [-0.2, -0.15) is 5.26 Å². The number of hydrogen-bond acceptors (Lipinski definition) is 4. The van der Waals surface area contributed by atoms with Crippen molar-refractivity contribution >= 4 is 5.91 Å². The lowest BCUT2D eigenvalue weighted by Gasteiger charge is -2.18. The molecule has 1 aliphatic rings. The highest BCUT2D eigenvalue weighted by atomic mass is 16.5. The summed E-state index contributed by atoms with van der Waals surface area (Å²) in [7, 11) is 1.48. The standard InChI is InChI=1S/C15H18N2O3/c1-20-14-5-4-11(9-13(14)18)8-12(10-16)15(19)17-6-2-3-7-17/h4-5,9,12,18H,2-3,6-8H2,1H3. The second-order valence-electron chi connectivity index (χ2n) is 4.92. The van der Waals surface area contributed by atoms with Crippen molar-refractivity contribution in [3.63, 3.8) is 0 Å². The molecule has 20 heavy (non-hydrogen) atoms. The summed E-state index contributed by atoms with van der Waals surface area (Å²) in [4.78, 5) is 14.0. The van der Waals surface area contributed by atoms with Gasteiger partial charge in [0, 0.05) is 13.1 Å². The molecule has 0 aromatic heterocycles. The summed E-state index contributed by atoms with van der Waals surface area (Å²) >= 11 is 0. The van der Waals surface area contributed by atoms with Crippen molar-refractivity contribution < 1.29 is 14.6 Å². The fourth-order valence-corrected chi connectivity index (χ4v) is 2.44. The third kappa shape index (κ3) is 3.02. The summed E-state index contributed by atoms with van der Waals surface area (Å²) in [6, 6.07) is 7.02. The Labute approximate surface area is 118 Å². The number of ether oxygens (including phenoxy) is 1. The first-order chi connectivity index (χ1) is 9.65. The Balaban J connectivity index is 2.08. The number of hydrogen-bond donors (Lipinski definition) is 1. The van der Waals surface area contributed by atoms with Crippen LogP contribution in [0.1, 0.15) is 18.4 Å². The van der Waals surface area contributed by atoms with Crippen LogP contribution in [0.25, 0.3) is 0 Å². The second kappa shape index (κ2) is 6.29. The van der Waals surface area contributed by atoms with Crippen molar-refractivity contribution in [1.29, 1.82) is 5.26 Å². The van der Waals surface area contributed by atoms with E-state index in [0.29, 0.717) is 12.2 Å². The molecular weight excluding hydrogens is 256 g/mol. The molecule has 1 aliphatic heterocycles. The number of carbonyl (C=O) groups excluding carboxylic acids is 1. The molecule has 1 aromatic rings. The lowest BCUT2D eigenvalue weighted by Crippen LogP contribution is -2.34. The van der Waals surface area contributed by atoms with Crippen molar-refractivity contribution in [2.24, 2.45) is 5.92 Å². The molecule has 1 aromatic carbocycles. The maximum Gasteiger partial charge on any atom is 0.240 e. The van der Waals surface area contributed by atoms with Gasteiger partial charge in [-0.1, -0.05) is 6.07 Å². The van der Waals surface area contributed by atoms with Crippen LogP contribution in [0.2, 0.25) is 0 Å². The van der Waals surface area contributed by atoms with Crippen LogP contribution in [0.3, 0.4) is 0 Å². The molecule has 1 atom stereocenters. The zero-order valence-electron chi connectivity index (χ0n) is 11.5. The van der Waals surface area contributed by atoms with E-state index >= 15 is 0 Å². The Kier molecular flexibility index (Phi) is 4.46. The molecule has 1 saturated heterocycles. The van der Waals surface area contributed by atoms with Gasteiger partial charge in [-0.3, -0.25) is 4.79 Å². The SMILES string of the molecule is COc1ccc(CC(C#N)C(=O)N2CCCC2)cc1O. The molecule has 106 valence electrons. The van der Waals surface area contributed by atoms with Crippen LogP contribution in [0.4, 0.5) is 0 Å². The number of methoxy groups -OCH3 is 1. The van der Waals surface area contributed by atoms with Crippen molar-refractivity contribution in [3.05, 3.63) is 23.8 Å². The fraction of sp³-hybridized carbons (Fsp3) is 0.467. The Morgan fingerprint density at radius 2 is 2.20 bits per heavy atom. The maximum absolute atomic E-state index is 12.2. The number of nitrogens with zero attached hydrogens (tertiary/aromatic N) is 2. The highest BCUT2D eigenvalue weighted by molar-refractivity contribution is 5.81. The third-order valence-electron chi connectivity index (χ3n) is 3.55. The van der Waals surface area contributed by atoms with E-state index in [1.807, 2.05) is 0 Å². The molecule has 0 radical (unpaired) electrons. The molecule has 5 nitrogen and oxygen atoms in total. The van der Waals surface area contributed by atoms with Gasteiger partial charge in [0.1, 0.15) is 5.92 Å². The molecule has 1 heterocycles. The first-order valence-corrected chi connectivity index (χ1v) is 6.70.